The Morgan fingerprint density at radius 3 is 2.43 bits per heavy atom. The largest absolute Gasteiger partial charge is 0.482 e. The van der Waals surface area contributed by atoms with E-state index in [9.17, 15) is 9.59 Å². The number of ether oxygens (including phenoxy) is 1. The van der Waals surface area contributed by atoms with Crippen molar-refractivity contribution in [3.05, 3.63) is 53.6 Å². The SMILES string of the molecule is CC(=O)Nc1ccccc1OCC(=O)Nc1ccc(C)c(C)c1. The van der Waals surface area contributed by atoms with Crippen LogP contribution in [0.4, 0.5) is 11.4 Å². The summed E-state index contributed by atoms with van der Waals surface area (Å²) < 4.78 is 5.50. The van der Waals surface area contributed by atoms with E-state index in [-0.39, 0.29) is 18.4 Å². The lowest BCUT2D eigenvalue weighted by Gasteiger charge is -2.12. The number of carbonyl (C=O) groups is 2. The van der Waals surface area contributed by atoms with Gasteiger partial charge in [-0.3, -0.25) is 9.59 Å². The molecule has 2 rings (SSSR count). The van der Waals surface area contributed by atoms with Crippen LogP contribution in [-0.2, 0) is 9.59 Å². The topological polar surface area (TPSA) is 67.4 Å². The molecule has 23 heavy (non-hydrogen) atoms. The predicted molar refractivity (Wildman–Crippen MR) is 90.8 cm³/mol. The normalized spacial score (nSPS) is 10.0. The number of hydrogen-bond donors (Lipinski definition) is 2. The molecule has 2 amide bonds. The maximum Gasteiger partial charge on any atom is 0.262 e. The van der Waals surface area contributed by atoms with E-state index in [1.165, 1.54) is 12.5 Å². The van der Waals surface area contributed by atoms with Crippen LogP contribution in [0.15, 0.2) is 42.5 Å². The van der Waals surface area contributed by atoms with Crippen LogP contribution in [0.5, 0.6) is 5.75 Å². The van der Waals surface area contributed by atoms with Crippen LogP contribution in [0, 0.1) is 13.8 Å². The third-order valence-corrected chi connectivity index (χ3v) is 3.35. The molecule has 0 aromatic heterocycles. The summed E-state index contributed by atoms with van der Waals surface area (Å²) in [7, 11) is 0. The fourth-order valence-electron chi connectivity index (χ4n) is 2.04. The number of para-hydroxylation sites is 2. The van der Waals surface area contributed by atoms with E-state index >= 15 is 0 Å². The van der Waals surface area contributed by atoms with E-state index in [1.807, 2.05) is 32.0 Å². The molecule has 2 aromatic carbocycles. The van der Waals surface area contributed by atoms with Crippen LogP contribution in [0.3, 0.4) is 0 Å². The van der Waals surface area contributed by atoms with Gasteiger partial charge in [-0.05, 0) is 49.2 Å². The van der Waals surface area contributed by atoms with E-state index in [2.05, 4.69) is 10.6 Å². The molecule has 0 aliphatic carbocycles. The third-order valence-electron chi connectivity index (χ3n) is 3.35. The number of carbonyl (C=O) groups excluding carboxylic acids is 2. The molecule has 0 bridgehead atoms. The third kappa shape index (κ3) is 4.85. The first kappa shape index (κ1) is 16.5. The Labute approximate surface area is 135 Å². The van der Waals surface area contributed by atoms with Crippen LogP contribution in [0.1, 0.15) is 18.1 Å². The lowest BCUT2D eigenvalue weighted by Crippen LogP contribution is -2.20. The summed E-state index contributed by atoms with van der Waals surface area (Å²) in [4.78, 5) is 23.2. The molecular weight excluding hydrogens is 292 g/mol. The second-order valence-electron chi connectivity index (χ2n) is 5.31. The Morgan fingerprint density at radius 2 is 1.74 bits per heavy atom. The minimum absolute atomic E-state index is 0.135. The highest BCUT2D eigenvalue weighted by Gasteiger charge is 2.08. The summed E-state index contributed by atoms with van der Waals surface area (Å²) in [5.41, 5.74) is 3.55. The molecule has 0 unspecified atom stereocenters. The van der Waals surface area contributed by atoms with E-state index < -0.39 is 0 Å². The van der Waals surface area contributed by atoms with Crippen molar-refractivity contribution >= 4 is 23.2 Å². The fourth-order valence-corrected chi connectivity index (χ4v) is 2.04. The maximum atomic E-state index is 12.0. The van der Waals surface area contributed by atoms with Gasteiger partial charge in [0.1, 0.15) is 5.75 Å². The molecule has 2 aromatic rings. The van der Waals surface area contributed by atoms with Gasteiger partial charge in [0.05, 0.1) is 5.69 Å². The summed E-state index contributed by atoms with van der Waals surface area (Å²) >= 11 is 0. The maximum absolute atomic E-state index is 12.0. The van der Waals surface area contributed by atoms with Crippen molar-refractivity contribution in [1.29, 1.82) is 0 Å². The zero-order valence-electron chi connectivity index (χ0n) is 13.5. The number of benzene rings is 2. The van der Waals surface area contributed by atoms with E-state index in [0.717, 1.165) is 11.3 Å². The van der Waals surface area contributed by atoms with Crippen molar-refractivity contribution in [2.45, 2.75) is 20.8 Å². The summed E-state index contributed by atoms with van der Waals surface area (Å²) in [6, 6.07) is 12.7. The molecule has 0 saturated heterocycles. The van der Waals surface area contributed by atoms with Crippen molar-refractivity contribution in [2.24, 2.45) is 0 Å². The van der Waals surface area contributed by atoms with Gasteiger partial charge in [0.15, 0.2) is 6.61 Å². The van der Waals surface area contributed by atoms with Crippen molar-refractivity contribution in [3.8, 4) is 5.75 Å². The molecular formula is C18H20N2O3. The zero-order chi connectivity index (χ0) is 16.8. The molecule has 0 heterocycles. The minimum Gasteiger partial charge on any atom is -0.482 e. The van der Waals surface area contributed by atoms with Crippen LogP contribution in [0.25, 0.3) is 0 Å². The van der Waals surface area contributed by atoms with Crippen LogP contribution in [-0.4, -0.2) is 18.4 Å². The lowest BCUT2D eigenvalue weighted by atomic mass is 10.1. The number of nitrogens with one attached hydrogen (secondary N) is 2. The highest BCUT2D eigenvalue weighted by Crippen LogP contribution is 2.23. The molecule has 5 heteroatoms. The highest BCUT2D eigenvalue weighted by atomic mass is 16.5. The first-order valence-corrected chi connectivity index (χ1v) is 7.32. The Bertz CT molecular complexity index is 726. The molecule has 0 radical (unpaired) electrons. The van der Waals surface area contributed by atoms with Gasteiger partial charge in [0.2, 0.25) is 5.91 Å². The average Bonchev–Trinajstić information content (AvgIpc) is 2.49. The first-order chi connectivity index (χ1) is 11.0. The standard InChI is InChI=1S/C18H20N2O3/c1-12-8-9-15(10-13(12)2)20-18(22)11-23-17-7-5-4-6-16(17)19-14(3)21/h4-10H,11H2,1-3H3,(H,19,21)(H,20,22). The molecule has 0 aliphatic rings. The number of amides is 2. The molecule has 5 nitrogen and oxygen atoms in total. The lowest BCUT2D eigenvalue weighted by molar-refractivity contribution is -0.118. The van der Waals surface area contributed by atoms with Crippen LogP contribution in [0.2, 0.25) is 0 Å². The first-order valence-electron chi connectivity index (χ1n) is 7.32. The van der Waals surface area contributed by atoms with Crippen molar-refractivity contribution in [3.63, 3.8) is 0 Å². The molecule has 2 N–H and O–H groups in total. The zero-order valence-corrected chi connectivity index (χ0v) is 13.5. The van der Waals surface area contributed by atoms with Gasteiger partial charge in [-0.2, -0.15) is 0 Å². The van der Waals surface area contributed by atoms with Gasteiger partial charge in [-0.25, -0.2) is 0 Å². The summed E-state index contributed by atoms with van der Waals surface area (Å²) in [5, 5.41) is 5.45. The molecule has 0 fully saturated rings. The van der Waals surface area contributed by atoms with E-state index in [1.54, 1.807) is 24.3 Å². The Kier molecular flexibility index (Phi) is 5.36. The van der Waals surface area contributed by atoms with Gasteiger partial charge in [0, 0.05) is 12.6 Å². The predicted octanol–water partition coefficient (Wildman–Crippen LogP) is 3.28. The number of aryl methyl sites for hydroxylation is 2. The van der Waals surface area contributed by atoms with Gasteiger partial charge in [-0.1, -0.05) is 18.2 Å². The Balaban J connectivity index is 1.96. The average molecular weight is 312 g/mol. The molecule has 0 atom stereocenters. The number of hydrogen-bond acceptors (Lipinski definition) is 3. The van der Waals surface area contributed by atoms with Gasteiger partial charge >= 0.3 is 0 Å². The second kappa shape index (κ2) is 7.45. The van der Waals surface area contributed by atoms with Gasteiger partial charge < -0.3 is 15.4 Å². The highest BCUT2D eigenvalue weighted by molar-refractivity contribution is 5.93. The smallest absolute Gasteiger partial charge is 0.262 e. The fraction of sp³-hybridized carbons (Fsp3) is 0.222. The Morgan fingerprint density at radius 1 is 1.00 bits per heavy atom. The van der Waals surface area contributed by atoms with Crippen LogP contribution >= 0.6 is 0 Å². The summed E-state index contributed by atoms with van der Waals surface area (Å²) in [6.45, 7) is 5.29. The quantitative estimate of drug-likeness (QED) is 0.890. The monoisotopic (exact) mass is 312 g/mol. The molecule has 0 aliphatic heterocycles. The molecule has 120 valence electrons. The van der Waals surface area contributed by atoms with Crippen molar-refractivity contribution in [2.75, 3.05) is 17.2 Å². The van der Waals surface area contributed by atoms with Gasteiger partial charge in [0.25, 0.3) is 5.91 Å². The van der Waals surface area contributed by atoms with E-state index in [0.29, 0.717) is 11.4 Å². The summed E-state index contributed by atoms with van der Waals surface area (Å²) in [5.74, 6) is 0.00412. The van der Waals surface area contributed by atoms with E-state index in [4.69, 9.17) is 4.74 Å². The van der Waals surface area contributed by atoms with Crippen molar-refractivity contribution in [1.82, 2.24) is 0 Å². The van der Waals surface area contributed by atoms with Crippen molar-refractivity contribution < 1.29 is 14.3 Å². The minimum atomic E-state index is -0.258. The molecule has 0 saturated carbocycles. The number of anilines is 2. The second-order valence-corrected chi connectivity index (χ2v) is 5.31. The number of rotatable bonds is 5. The summed E-state index contributed by atoms with van der Waals surface area (Å²) in [6.07, 6.45) is 0. The Hall–Kier alpha value is -2.82. The van der Waals surface area contributed by atoms with Gasteiger partial charge in [-0.15, -0.1) is 0 Å². The van der Waals surface area contributed by atoms with Crippen LogP contribution < -0.4 is 15.4 Å². The molecule has 0 spiro atoms.